The quantitative estimate of drug-likeness (QED) is 0.694. The highest BCUT2D eigenvalue weighted by molar-refractivity contribution is 7.92. The van der Waals surface area contributed by atoms with Gasteiger partial charge in [0.2, 0.25) is 15.9 Å². The fraction of sp³-hybridized carbons (Fsp3) is 0.409. The minimum Gasteiger partial charge on any atom is -0.347 e. The minimum atomic E-state index is -3.76. The van der Waals surface area contributed by atoms with Crippen molar-refractivity contribution in [1.82, 2.24) is 5.32 Å². The lowest BCUT2D eigenvalue weighted by molar-refractivity contribution is -0.123. The van der Waals surface area contributed by atoms with Gasteiger partial charge in [-0.1, -0.05) is 37.6 Å². The Morgan fingerprint density at radius 2 is 1.69 bits per heavy atom. The number of nitrogens with zero attached hydrogens (tertiary/aromatic N) is 1. The molecule has 0 spiro atoms. The van der Waals surface area contributed by atoms with E-state index in [2.05, 4.69) is 11.4 Å². The van der Waals surface area contributed by atoms with E-state index in [9.17, 15) is 17.6 Å². The zero-order chi connectivity index (χ0) is 21.8. The van der Waals surface area contributed by atoms with Crippen molar-refractivity contribution in [3.8, 4) is 0 Å². The first-order valence-corrected chi connectivity index (χ1v) is 11.6. The molecule has 1 amide bonds. The molecule has 2 atom stereocenters. The third kappa shape index (κ3) is 5.56. The molecule has 0 unspecified atom stereocenters. The maximum Gasteiger partial charge on any atom is 0.244 e. The number of hydrogen-bond donors (Lipinski definition) is 1. The van der Waals surface area contributed by atoms with Crippen molar-refractivity contribution < 1.29 is 17.6 Å². The van der Waals surface area contributed by atoms with E-state index < -0.39 is 21.9 Å². The van der Waals surface area contributed by atoms with E-state index in [0.29, 0.717) is 6.42 Å². The van der Waals surface area contributed by atoms with Crippen LogP contribution in [0.4, 0.5) is 10.1 Å². The summed E-state index contributed by atoms with van der Waals surface area (Å²) >= 11 is 0. The predicted molar refractivity (Wildman–Crippen MR) is 115 cm³/mol. The van der Waals surface area contributed by atoms with Crippen molar-refractivity contribution >= 4 is 21.6 Å². The SMILES string of the molecule is CC[C@H](NC(=O)[C@H](CC)N(c1ccc(F)cc1)S(C)(=O)=O)c1ccc(C)cc1C. The Bertz CT molecular complexity index is 959. The van der Waals surface area contributed by atoms with Crippen molar-refractivity contribution in [2.24, 2.45) is 0 Å². The first-order chi connectivity index (χ1) is 13.6. The molecule has 7 heteroatoms. The first kappa shape index (κ1) is 22.9. The molecular formula is C22H29FN2O3S. The molecular weight excluding hydrogens is 391 g/mol. The number of carbonyl (C=O) groups is 1. The summed E-state index contributed by atoms with van der Waals surface area (Å²) in [6, 6.07) is 9.99. The number of benzene rings is 2. The van der Waals surface area contributed by atoms with Crippen LogP contribution in [-0.2, 0) is 14.8 Å². The normalized spacial score (nSPS) is 13.6. The molecule has 158 valence electrons. The Kier molecular flexibility index (Phi) is 7.41. The van der Waals surface area contributed by atoms with Crippen LogP contribution in [0.3, 0.4) is 0 Å². The first-order valence-electron chi connectivity index (χ1n) is 9.71. The fourth-order valence-electron chi connectivity index (χ4n) is 3.53. The number of sulfonamides is 1. The summed E-state index contributed by atoms with van der Waals surface area (Å²) < 4.78 is 39.4. The summed E-state index contributed by atoms with van der Waals surface area (Å²) in [7, 11) is -3.76. The molecule has 0 fully saturated rings. The second-order valence-electron chi connectivity index (χ2n) is 7.29. The van der Waals surface area contributed by atoms with Gasteiger partial charge in [-0.3, -0.25) is 9.10 Å². The van der Waals surface area contributed by atoms with Gasteiger partial charge in [0, 0.05) is 0 Å². The number of aryl methyl sites for hydroxylation is 2. The summed E-state index contributed by atoms with van der Waals surface area (Å²) in [5.41, 5.74) is 3.48. The molecule has 2 aromatic rings. The van der Waals surface area contributed by atoms with Gasteiger partial charge in [0.05, 0.1) is 18.0 Å². The van der Waals surface area contributed by atoms with Crippen LogP contribution in [0.15, 0.2) is 42.5 Å². The fourth-order valence-corrected chi connectivity index (χ4v) is 4.74. The number of nitrogens with one attached hydrogen (secondary N) is 1. The lowest BCUT2D eigenvalue weighted by Gasteiger charge is -2.31. The van der Waals surface area contributed by atoms with Crippen molar-refractivity contribution in [1.29, 1.82) is 0 Å². The lowest BCUT2D eigenvalue weighted by Crippen LogP contribution is -2.50. The summed E-state index contributed by atoms with van der Waals surface area (Å²) in [5.74, 6) is -0.852. The Hall–Kier alpha value is -2.41. The number of amides is 1. The number of halogens is 1. The zero-order valence-corrected chi connectivity index (χ0v) is 18.4. The molecule has 0 aliphatic carbocycles. The van der Waals surface area contributed by atoms with Crippen LogP contribution in [-0.4, -0.2) is 26.6 Å². The van der Waals surface area contributed by atoms with E-state index in [1.165, 1.54) is 24.3 Å². The van der Waals surface area contributed by atoms with Gasteiger partial charge in [-0.25, -0.2) is 12.8 Å². The number of hydrogen-bond acceptors (Lipinski definition) is 3. The smallest absolute Gasteiger partial charge is 0.244 e. The number of anilines is 1. The van der Waals surface area contributed by atoms with Crippen molar-refractivity contribution in [2.45, 2.75) is 52.6 Å². The number of rotatable bonds is 8. The van der Waals surface area contributed by atoms with E-state index in [1.54, 1.807) is 6.92 Å². The highest BCUT2D eigenvalue weighted by Gasteiger charge is 2.32. The largest absolute Gasteiger partial charge is 0.347 e. The van der Waals surface area contributed by atoms with Gasteiger partial charge in [0.1, 0.15) is 11.9 Å². The van der Waals surface area contributed by atoms with Gasteiger partial charge >= 0.3 is 0 Å². The summed E-state index contributed by atoms with van der Waals surface area (Å²) in [6.07, 6.45) is 1.99. The van der Waals surface area contributed by atoms with Gasteiger partial charge in [0.15, 0.2) is 0 Å². The topological polar surface area (TPSA) is 66.5 Å². The molecule has 2 aromatic carbocycles. The summed E-state index contributed by atoms with van der Waals surface area (Å²) in [5, 5.41) is 3.01. The molecule has 0 heterocycles. The van der Waals surface area contributed by atoms with Crippen molar-refractivity contribution in [3.63, 3.8) is 0 Å². The Morgan fingerprint density at radius 3 is 2.17 bits per heavy atom. The van der Waals surface area contributed by atoms with E-state index in [4.69, 9.17) is 0 Å². The Morgan fingerprint density at radius 1 is 1.07 bits per heavy atom. The minimum absolute atomic E-state index is 0.230. The highest BCUT2D eigenvalue weighted by atomic mass is 32.2. The molecule has 1 N–H and O–H groups in total. The van der Waals surface area contributed by atoms with Gasteiger partial charge in [-0.05, 0) is 62.1 Å². The molecule has 0 saturated carbocycles. The van der Waals surface area contributed by atoms with Gasteiger partial charge in [-0.2, -0.15) is 0 Å². The second kappa shape index (κ2) is 9.39. The molecule has 0 saturated heterocycles. The van der Waals surface area contributed by atoms with E-state index in [1.807, 2.05) is 32.9 Å². The highest BCUT2D eigenvalue weighted by Crippen LogP contribution is 2.25. The summed E-state index contributed by atoms with van der Waals surface area (Å²) in [4.78, 5) is 13.1. The van der Waals surface area contributed by atoms with Crippen LogP contribution in [0.25, 0.3) is 0 Å². The second-order valence-corrected chi connectivity index (χ2v) is 9.15. The number of carbonyl (C=O) groups excluding carboxylic acids is 1. The monoisotopic (exact) mass is 420 g/mol. The van der Waals surface area contributed by atoms with Gasteiger partial charge in [-0.15, -0.1) is 0 Å². The van der Waals surface area contributed by atoms with Crippen LogP contribution in [0.5, 0.6) is 0 Å². The maximum atomic E-state index is 13.3. The Balaban J connectivity index is 2.36. The maximum absolute atomic E-state index is 13.3. The third-order valence-corrected chi connectivity index (χ3v) is 6.12. The molecule has 29 heavy (non-hydrogen) atoms. The van der Waals surface area contributed by atoms with E-state index in [0.717, 1.165) is 27.3 Å². The molecule has 0 aliphatic rings. The lowest BCUT2D eigenvalue weighted by atomic mass is 9.97. The molecule has 5 nitrogen and oxygen atoms in total. The van der Waals surface area contributed by atoms with Gasteiger partial charge in [0.25, 0.3) is 0 Å². The third-order valence-electron chi connectivity index (χ3n) is 4.94. The zero-order valence-electron chi connectivity index (χ0n) is 17.6. The van der Waals surface area contributed by atoms with Crippen LogP contribution in [0.1, 0.15) is 49.4 Å². The predicted octanol–water partition coefficient (Wildman–Crippen LogP) is 4.25. The molecule has 2 rings (SSSR count). The summed E-state index contributed by atoms with van der Waals surface area (Å²) in [6.45, 7) is 7.73. The average molecular weight is 421 g/mol. The standard InChI is InChI=1S/C22H29FN2O3S/c1-6-20(19-13-8-15(3)14-16(19)4)24-22(26)21(7-2)25(29(5,27)28)18-11-9-17(23)10-12-18/h8-14,20-21H,6-7H2,1-5H3,(H,24,26)/t20-,21-/m0/s1. The molecule has 0 bridgehead atoms. The molecule has 0 aliphatic heterocycles. The van der Waals surface area contributed by atoms with E-state index >= 15 is 0 Å². The van der Waals surface area contributed by atoms with Crippen LogP contribution >= 0.6 is 0 Å². The van der Waals surface area contributed by atoms with Crippen molar-refractivity contribution in [3.05, 3.63) is 65.0 Å². The van der Waals surface area contributed by atoms with Crippen molar-refractivity contribution in [2.75, 3.05) is 10.6 Å². The van der Waals surface area contributed by atoms with Crippen LogP contribution < -0.4 is 9.62 Å². The molecule has 0 aromatic heterocycles. The Labute approximate surface area is 173 Å². The van der Waals surface area contributed by atoms with Crippen LogP contribution in [0.2, 0.25) is 0 Å². The van der Waals surface area contributed by atoms with E-state index in [-0.39, 0.29) is 24.1 Å². The van der Waals surface area contributed by atoms with Crippen LogP contribution in [0, 0.1) is 19.7 Å². The average Bonchev–Trinajstić information content (AvgIpc) is 2.64. The van der Waals surface area contributed by atoms with Gasteiger partial charge < -0.3 is 5.32 Å². The molecule has 0 radical (unpaired) electrons.